The van der Waals surface area contributed by atoms with Crippen molar-refractivity contribution >= 4 is 10.9 Å². The molecule has 27 heavy (non-hydrogen) atoms. The first-order valence-corrected chi connectivity index (χ1v) is 11.4. The van der Waals surface area contributed by atoms with Crippen LogP contribution in [0.2, 0.25) is 0 Å². The van der Waals surface area contributed by atoms with Gasteiger partial charge in [0.05, 0.1) is 0 Å². The molecule has 3 atom stereocenters. The first-order chi connectivity index (χ1) is 12.7. The summed E-state index contributed by atoms with van der Waals surface area (Å²) in [5.74, 6) is -1.48. The van der Waals surface area contributed by atoms with Gasteiger partial charge < -0.3 is 5.11 Å². The molecule has 1 aliphatic heterocycles. The van der Waals surface area contributed by atoms with Crippen molar-refractivity contribution in [2.45, 2.75) is 69.6 Å². The molecular weight excluding hydrogens is 376 g/mol. The number of fused-ring (bicyclic) bond motifs is 2. The summed E-state index contributed by atoms with van der Waals surface area (Å²) in [6, 6.07) is 4.33. The summed E-state index contributed by atoms with van der Waals surface area (Å²) in [7, 11) is 0.469. The minimum Gasteiger partial charge on any atom is -0.507 e. The summed E-state index contributed by atoms with van der Waals surface area (Å²) >= 11 is 0. The van der Waals surface area contributed by atoms with E-state index in [1.165, 1.54) is 29.2 Å². The molecule has 2 aliphatic carbocycles. The fraction of sp³-hybridized carbons (Fsp3) is 0.714. The molecule has 1 heterocycles. The van der Waals surface area contributed by atoms with Crippen molar-refractivity contribution in [3.8, 4) is 5.75 Å². The van der Waals surface area contributed by atoms with Gasteiger partial charge in [0.2, 0.25) is 0 Å². The molecule has 152 valence electrons. The third kappa shape index (κ3) is 4.41. The largest absolute Gasteiger partial charge is 0.507 e. The average molecular weight is 406 g/mol. The van der Waals surface area contributed by atoms with Gasteiger partial charge in [0.1, 0.15) is 17.3 Å². The molecule has 3 fully saturated rings. The molecule has 3 aliphatic rings. The monoisotopic (exact) mass is 405 g/mol. The second-order valence-corrected chi connectivity index (χ2v) is 10.5. The van der Waals surface area contributed by atoms with Crippen LogP contribution in [0.3, 0.4) is 0 Å². The van der Waals surface area contributed by atoms with Gasteiger partial charge in [-0.2, -0.15) is 8.78 Å². The van der Waals surface area contributed by atoms with Gasteiger partial charge in [-0.05, 0) is 81.0 Å². The zero-order chi connectivity index (χ0) is 19.8. The van der Waals surface area contributed by atoms with Gasteiger partial charge in [-0.3, -0.25) is 0 Å². The Morgan fingerprint density at radius 2 is 1.63 bits per heavy atom. The minimum atomic E-state index is -3.75. The molecule has 1 saturated heterocycles. The maximum atomic E-state index is 13.0. The molecule has 2 bridgehead atoms. The Labute approximate surface area is 161 Å². The molecule has 0 amide bonds. The highest BCUT2D eigenvalue weighted by Crippen LogP contribution is 2.54. The lowest BCUT2D eigenvalue weighted by molar-refractivity contribution is -0.176. The van der Waals surface area contributed by atoms with E-state index in [1.807, 2.05) is 13.8 Å². The van der Waals surface area contributed by atoms with E-state index in [1.54, 1.807) is 0 Å². The first kappa shape index (κ1) is 20.8. The Hall–Kier alpha value is -0.910. The zero-order valence-electron chi connectivity index (χ0n) is 16.0. The van der Waals surface area contributed by atoms with Crippen molar-refractivity contribution in [2.24, 2.45) is 17.8 Å². The van der Waals surface area contributed by atoms with Crippen LogP contribution < -0.4 is 0 Å². The number of halogens is 4. The van der Waals surface area contributed by atoms with Gasteiger partial charge >= 0.3 is 12.3 Å². The van der Waals surface area contributed by atoms with Crippen LogP contribution in [0.5, 0.6) is 5.75 Å². The van der Waals surface area contributed by atoms with E-state index in [-0.39, 0.29) is 5.92 Å². The van der Waals surface area contributed by atoms with Crippen molar-refractivity contribution in [2.75, 3.05) is 11.5 Å². The van der Waals surface area contributed by atoms with Gasteiger partial charge in [0, 0.05) is 16.8 Å². The van der Waals surface area contributed by atoms with Crippen LogP contribution in [0.15, 0.2) is 17.0 Å². The van der Waals surface area contributed by atoms with Crippen LogP contribution in [-0.4, -0.2) is 29.0 Å². The molecule has 6 heteroatoms. The fourth-order valence-corrected chi connectivity index (χ4v) is 7.32. The average Bonchev–Trinajstić information content (AvgIpc) is 3.36. The summed E-state index contributed by atoms with van der Waals surface area (Å²) < 4.78 is 50.0. The number of benzene rings is 1. The van der Waals surface area contributed by atoms with E-state index < -0.39 is 18.3 Å². The van der Waals surface area contributed by atoms with Gasteiger partial charge in [0.15, 0.2) is 4.90 Å². The molecule has 0 aromatic heterocycles. The van der Waals surface area contributed by atoms with Gasteiger partial charge in [-0.1, -0.05) is 6.42 Å². The number of aryl methyl sites for hydroxylation is 2. The Balaban J connectivity index is 0.000000156. The van der Waals surface area contributed by atoms with Crippen LogP contribution in [0, 0.1) is 31.6 Å². The first-order valence-electron chi connectivity index (χ1n) is 9.83. The van der Waals surface area contributed by atoms with Crippen molar-refractivity contribution in [3.63, 3.8) is 0 Å². The topological polar surface area (TPSA) is 20.2 Å². The third-order valence-electron chi connectivity index (χ3n) is 6.35. The fourth-order valence-electron chi connectivity index (χ4n) is 4.85. The highest BCUT2D eigenvalue weighted by Gasteiger charge is 2.56. The molecule has 3 unspecified atom stereocenters. The minimum absolute atomic E-state index is 0.144. The van der Waals surface area contributed by atoms with Crippen LogP contribution in [0.25, 0.3) is 0 Å². The molecule has 1 aromatic rings. The molecule has 2 saturated carbocycles. The summed E-state index contributed by atoms with van der Waals surface area (Å²) in [5.41, 5.74) is 2.05. The van der Waals surface area contributed by atoms with E-state index in [0.717, 1.165) is 30.4 Å². The normalized spacial score (nSPS) is 27.9. The predicted octanol–water partition coefficient (Wildman–Crippen LogP) is 6.10. The summed E-state index contributed by atoms with van der Waals surface area (Å²) in [5, 5.41) is 9.68. The number of phenols is 1. The molecule has 4 rings (SSSR count). The summed E-state index contributed by atoms with van der Waals surface area (Å²) in [6.45, 7) is 3.98. The second-order valence-electron chi connectivity index (χ2n) is 8.27. The molecule has 1 aromatic carbocycles. The Morgan fingerprint density at radius 3 is 2.07 bits per heavy atom. The van der Waals surface area contributed by atoms with E-state index >= 15 is 0 Å². The molecule has 0 radical (unpaired) electrons. The zero-order valence-corrected chi connectivity index (χ0v) is 16.8. The Kier molecular flexibility index (Phi) is 6.34. The van der Waals surface area contributed by atoms with E-state index in [9.17, 15) is 22.7 Å². The van der Waals surface area contributed by atoms with Crippen molar-refractivity contribution < 1.29 is 22.7 Å². The van der Waals surface area contributed by atoms with Crippen LogP contribution in [-0.2, 0) is 10.9 Å². The lowest BCUT2D eigenvalue weighted by Gasteiger charge is -2.29. The molecule has 1 N–H and O–H groups in total. The predicted molar refractivity (Wildman–Crippen MR) is 102 cm³/mol. The lowest BCUT2D eigenvalue weighted by atomic mass is 9.84. The highest BCUT2D eigenvalue weighted by molar-refractivity contribution is 7.97. The van der Waals surface area contributed by atoms with Crippen molar-refractivity contribution in [1.29, 1.82) is 0 Å². The third-order valence-corrected chi connectivity index (χ3v) is 8.82. The Bertz CT molecular complexity index is 635. The van der Waals surface area contributed by atoms with E-state index in [0.29, 0.717) is 29.0 Å². The number of phenolic OH excluding ortho intramolecular Hbond substituents is 1. The molecular formula is C21H29F4OS+. The summed E-state index contributed by atoms with van der Waals surface area (Å²) in [4.78, 5) is 1.45. The van der Waals surface area contributed by atoms with Crippen molar-refractivity contribution in [1.82, 2.24) is 0 Å². The van der Waals surface area contributed by atoms with E-state index in [2.05, 4.69) is 12.1 Å². The molecule has 1 nitrogen and oxygen atoms in total. The van der Waals surface area contributed by atoms with Crippen LogP contribution >= 0.6 is 0 Å². The highest BCUT2D eigenvalue weighted by atomic mass is 32.2. The number of alkyl halides is 4. The standard InChI is InChI=1S/C12H16OS.C9H12F4/c1-9-7-11(8-10(2)12(9)13)14-5-3-4-6-14;10-8(11)9(12,13)7-4-5-1-2-6(7)3-5/h7-8H,3-6H2,1-2H3;5-8H,1-4H2/p+1. The van der Waals surface area contributed by atoms with Crippen LogP contribution in [0.4, 0.5) is 17.6 Å². The van der Waals surface area contributed by atoms with E-state index in [4.69, 9.17) is 0 Å². The number of aromatic hydroxyl groups is 1. The smallest absolute Gasteiger partial charge is 0.310 e. The van der Waals surface area contributed by atoms with Gasteiger partial charge in [-0.25, -0.2) is 8.78 Å². The van der Waals surface area contributed by atoms with Crippen molar-refractivity contribution in [3.05, 3.63) is 23.3 Å². The molecule has 0 spiro atoms. The quantitative estimate of drug-likeness (QED) is 0.476. The lowest BCUT2D eigenvalue weighted by Crippen LogP contribution is -2.38. The number of rotatable bonds is 3. The Morgan fingerprint density at radius 1 is 1.04 bits per heavy atom. The maximum absolute atomic E-state index is 13.0. The maximum Gasteiger partial charge on any atom is 0.310 e. The van der Waals surface area contributed by atoms with Gasteiger partial charge in [0.25, 0.3) is 0 Å². The second kappa shape index (κ2) is 8.22. The SMILES string of the molecule is Cc1cc([S+]2CCCC2)cc(C)c1O.FC(F)C(F)(F)C1CC2CCC1C2. The van der Waals surface area contributed by atoms with Gasteiger partial charge in [-0.15, -0.1) is 0 Å². The number of hydrogen-bond acceptors (Lipinski definition) is 1. The summed E-state index contributed by atoms with van der Waals surface area (Å²) in [6.07, 6.45) is 1.99. The van der Waals surface area contributed by atoms with Crippen LogP contribution in [0.1, 0.15) is 49.7 Å². The number of hydrogen-bond donors (Lipinski definition) is 1.